The third-order valence-electron chi connectivity index (χ3n) is 7.32. The van der Waals surface area contributed by atoms with Crippen LogP contribution in [0.2, 0.25) is 0 Å². The molecule has 4 unspecified atom stereocenters. The van der Waals surface area contributed by atoms with Crippen LogP contribution in [0, 0.1) is 0 Å². The monoisotopic (exact) mass is 515 g/mol. The van der Waals surface area contributed by atoms with E-state index >= 15 is 0 Å². The van der Waals surface area contributed by atoms with E-state index in [4.69, 9.17) is 0 Å². The van der Waals surface area contributed by atoms with Crippen molar-refractivity contribution in [3.8, 4) is 0 Å². The Labute approximate surface area is 222 Å². The Morgan fingerprint density at radius 1 is 0.583 bits per heavy atom. The molecule has 0 aromatic carbocycles. The lowest BCUT2D eigenvalue weighted by Crippen LogP contribution is -2.53. The number of amides is 1. The molecule has 0 fully saturated rings. The molecule has 0 rings (SSSR count). The van der Waals surface area contributed by atoms with Crippen LogP contribution in [-0.2, 0) is 4.79 Å². The highest BCUT2D eigenvalue weighted by Crippen LogP contribution is 2.15. The van der Waals surface area contributed by atoms with Gasteiger partial charge in [0, 0.05) is 0 Å². The van der Waals surface area contributed by atoms with Crippen LogP contribution in [0.1, 0.15) is 155 Å². The van der Waals surface area contributed by atoms with Crippen molar-refractivity contribution in [1.29, 1.82) is 0 Å². The van der Waals surface area contributed by atoms with Crippen LogP contribution in [0.15, 0.2) is 0 Å². The highest BCUT2D eigenvalue weighted by molar-refractivity contribution is 5.80. The minimum absolute atomic E-state index is 0.373. The van der Waals surface area contributed by atoms with Crippen LogP contribution in [0.3, 0.4) is 0 Å². The molecule has 0 saturated carbocycles. The standard InChI is InChI=1S/C30H61NO5/c1-3-5-7-9-10-11-12-13-14-15-16-17-18-19-20-22-24-28(34)30(36)31-26(25-32)29(35)27(33)23-21-8-6-4-2/h26-29,32-35H,3-25H2,1-2H3,(H,31,36). The van der Waals surface area contributed by atoms with Gasteiger partial charge in [0.1, 0.15) is 12.2 Å². The fourth-order valence-corrected chi connectivity index (χ4v) is 4.75. The van der Waals surface area contributed by atoms with Gasteiger partial charge in [0.05, 0.1) is 18.8 Å². The number of rotatable bonds is 27. The van der Waals surface area contributed by atoms with E-state index in [9.17, 15) is 25.2 Å². The lowest BCUT2D eigenvalue weighted by molar-refractivity contribution is -0.132. The van der Waals surface area contributed by atoms with Gasteiger partial charge in [-0.1, -0.05) is 142 Å². The predicted octanol–water partition coefficient (Wildman–Crippen LogP) is 6.17. The molecule has 0 aliphatic rings. The normalized spacial score (nSPS) is 14.9. The quantitative estimate of drug-likeness (QED) is 0.0841. The zero-order valence-corrected chi connectivity index (χ0v) is 23.8. The van der Waals surface area contributed by atoms with Crippen molar-refractivity contribution in [2.75, 3.05) is 6.61 Å². The van der Waals surface area contributed by atoms with Crippen LogP contribution in [0.5, 0.6) is 0 Å². The zero-order valence-electron chi connectivity index (χ0n) is 23.8. The van der Waals surface area contributed by atoms with Gasteiger partial charge < -0.3 is 25.7 Å². The Kier molecular flexibility index (Phi) is 25.4. The van der Waals surface area contributed by atoms with Gasteiger partial charge in [-0.25, -0.2) is 0 Å². The minimum atomic E-state index is -1.25. The van der Waals surface area contributed by atoms with Crippen LogP contribution in [0.4, 0.5) is 0 Å². The number of hydrogen-bond donors (Lipinski definition) is 5. The highest BCUT2D eigenvalue weighted by Gasteiger charge is 2.28. The number of nitrogens with one attached hydrogen (secondary N) is 1. The molecule has 0 heterocycles. The van der Waals surface area contributed by atoms with Crippen LogP contribution >= 0.6 is 0 Å². The third-order valence-corrected chi connectivity index (χ3v) is 7.32. The fraction of sp³-hybridized carbons (Fsp3) is 0.967. The number of carbonyl (C=O) groups is 1. The summed E-state index contributed by atoms with van der Waals surface area (Å²) in [6.45, 7) is 3.89. The van der Waals surface area contributed by atoms with Crippen molar-refractivity contribution in [2.24, 2.45) is 0 Å². The number of hydrogen-bond acceptors (Lipinski definition) is 5. The summed E-state index contributed by atoms with van der Waals surface area (Å²) in [4.78, 5) is 12.3. The maximum absolute atomic E-state index is 12.3. The van der Waals surface area contributed by atoms with E-state index in [1.807, 2.05) is 0 Å². The number of aliphatic hydroxyl groups is 4. The summed E-state index contributed by atoms with van der Waals surface area (Å²) in [7, 11) is 0. The van der Waals surface area contributed by atoms with Crippen molar-refractivity contribution in [3.63, 3.8) is 0 Å². The van der Waals surface area contributed by atoms with Crippen molar-refractivity contribution in [3.05, 3.63) is 0 Å². The summed E-state index contributed by atoms with van der Waals surface area (Å²) in [5, 5.41) is 42.6. The van der Waals surface area contributed by atoms with Gasteiger partial charge in [-0.3, -0.25) is 4.79 Å². The Hall–Kier alpha value is -0.690. The first-order valence-corrected chi connectivity index (χ1v) is 15.4. The van der Waals surface area contributed by atoms with Gasteiger partial charge in [0.25, 0.3) is 0 Å². The first-order chi connectivity index (χ1) is 17.5. The molecule has 0 aliphatic carbocycles. The fourth-order valence-electron chi connectivity index (χ4n) is 4.75. The summed E-state index contributed by atoms with van der Waals surface area (Å²) in [6, 6.07) is -0.973. The van der Waals surface area contributed by atoms with E-state index in [2.05, 4.69) is 19.2 Å². The van der Waals surface area contributed by atoms with E-state index in [0.29, 0.717) is 12.8 Å². The molecule has 36 heavy (non-hydrogen) atoms. The van der Waals surface area contributed by atoms with Gasteiger partial charge in [-0.2, -0.15) is 0 Å². The lowest BCUT2D eigenvalue weighted by atomic mass is 9.99. The summed E-state index contributed by atoms with van der Waals surface area (Å²) in [5.41, 5.74) is 0. The summed E-state index contributed by atoms with van der Waals surface area (Å²) in [6.07, 6.45) is 21.8. The molecule has 0 bridgehead atoms. The van der Waals surface area contributed by atoms with Gasteiger partial charge in [-0.15, -0.1) is 0 Å². The minimum Gasteiger partial charge on any atom is -0.394 e. The number of aliphatic hydroxyl groups excluding tert-OH is 4. The molecule has 0 aliphatic heterocycles. The Balaban J connectivity index is 3.72. The first-order valence-electron chi connectivity index (χ1n) is 15.4. The lowest BCUT2D eigenvalue weighted by Gasteiger charge is -2.27. The van der Waals surface area contributed by atoms with Gasteiger partial charge >= 0.3 is 0 Å². The predicted molar refractivity (Wildman–Crippen MR) is 150 cm³/mol. The van der Waals surface area contributed by atoms with E-state index in [-0.39, 0.29) is 0 Å². The Bertz CT molecular complexity index is 476. The molecule has 0 spiro atoms. The SMILES string of the molecule is CCCCCCCCCCCCCCCCCCC(O)C(=O)NC(CO)C(O)C(O)CCCCCC. The maximum Gasteiger partial charge on any atom is 0.249 e. The zero-order chi connectivity index (χ0) is 26.9. The number of unbranched alkanes of at least 4 members (excludes halogenated alkanes) is 18. The van der Waals surface area contributed by atoms with Crippen molar-refractivity contribution in [1.82, 2.24) is 5.32 Å². The summed E-state index contributed by atoms with van der Waals surface area (Å²) in [5.74, 6) is -0.591. The highest BCUT2D eigenvalue weighted by atomic mass is 16.3. The average molecular weight is 516 g/mol. The molecule has 1 amide bonds. The van der Waals surface area contributed by atoms with Gasteiger partial charge in [0.15, 0.2) is 0 Å². The molecular formula is C30H61NO5. The van der Waals surface area contributed by atoms with Gasteiger partial charge in [0.2, 0.25) is 5.91 Å². The third kappa shape index (κ3) is 20.4. The van der Waals surface area contributed by atoms with Crippen molar-refractivity contribution < 1.29 is 25.2 Å². The molecule has 4 atom stereocenters. The molecule has 0 aromatic heterocycles. The molecule has 6 heteroatoms. The van der Waals surface area contributed by atoms with E-state index < -0.39 is 36.9 Å². The number of carbonyl (C=O) groups excluding carboxylic acids is 1. The van der Waals surface area contributed by atoms with E-state index in [0.717, 1.165) is 44.9 Å². The largest absolute Gasteiger partial charge is 0.394 e. The first kappa shape index (κ1) is 35.3. The topological polar surface area (TPSA) is 110 Å². The van der Waals surface area contributed by atoms with Gasteiger partial charge in [-0.05, 0) is 12.8 Å². The Morgan fingerprint density at radius 3 is 1.36 bits per heavy atom. The van der Waals surface area contributed by atoms with Crippen LogP contribution in [0.25, 0.3) is 0 Å². The summed E-state index contributed by atoms with van der Waals surface area (Å²) >= 11 is 0. The molecule has 216 valence electrons. The van der Waals surface area contributed by atoms with Crippen LogP contribution < -0.4 is 5.32 Å². The second kappa shape index (κ2) is 25.9. The van der Waals surface area contributed by atoms with E-state index in [1.165, 1.54) is 83.5 Å². The van der Waals surface area contributed by atoms with Crippen molar-refractivity contribution >= 4 is 5.91 Å². The molecular weight excluding hydrogens is 454 g/mol. The van der Waals surface area contributed by atoms with Crippen molar-refractivity contribution in [2.45, 2.75) is 179 Å². The molecule has 0 aromatic rings. The summed E-state index contributed by atoms with van der Waals surface area (Å²) < 4.78 is 0. The smallest absolute Gasteiger partial charge is 0.249 e. The Morgan fingerprint density at radius 2 is 0.944 bits per heavy atom. The van der Waals surface area contributed by atoms with E-state index in [1.54, 1.807) is 0 Å². The molecule has 0 radical (unpaired) electrons. The van der Waals surface area contributed by atoms with Crippen LogP contribution in [-0.4, -0.2) is 57.3 Å². The molecule has 0 saturated heterocycles. The molecule has 5 N–H and O–H groups in total. The maximum atomic E-state index is 12.3. The average Bonchev–Trinajstić information content (AvgIpc) is 2.88. The second-order valence-electron chi connectivity index (χ2n) is 10.8. The molecule has 6 nitrogen and oxygen atoms in total. The second-order valence-corrected chi connectivity index (χ2v) is 10.8.